The van der Waals surface area contributed by atoms with Gasteiger partial charge in [-0.3, -0.25) is 14.3 Å². The highest BCUT2D eigenvalue weighted by atomic mass is 16.5. The Morgan fingerprint density at radius 3 is 2.72 bits per heavy atom. The summed E-state index contributed by atoms with van der Waals surface area (Å²) in [5.41, 5.74) is 2.03. The van der Waals surface area contributed by atoms with Crippen LogP contribution in [0.25, 0.3) is 11.3 Å². The third-order valence-electron chi connectivity index (χ3n) is 6.16. The van der Waals surface area contributed by atoms with Crippen LogP contribution in [0, 0.1) is 18.8 Å². The topological polar surface area (TPSA) is 84.5 Å². The summed E-state index contributed by atoms with van der Waals surface area (Å²) < 4.78 is 7.19. The van der Waals surface area contributed by atoms with Gasteiger partial charge >= 0.3 is 0 Å². The van der Waals surface area contributed by atoms with E-state index in [4.69, 9.17) is 4.52 Å². The third kappa shape index (κ3) is 3.93. The fourth-order valence-corrected chi connectivity index (χ4v) is 3.95. The van der Waals surface area contributed by atoms with Crippen molar-refractivity contribution in [2.24, 2.45) is 18.9 Å². The first kappa shape index (κ1) is 19.7. The van der Waals surface area contributed by atoms with Gasteiger partial charge in [-0.05, 0) is 31.6 Å². The molecular weight excluding hydrogens is 370 g/mol. The fraction of sp³-hybridized carbons (Fsp3) is 0.619. The van der Waals surface area contributed by atoms with Gasteiger partial charge in [0.1, 0.15) is 0 Å². The number of carbonyl (C=O) groups excluding carboxylic acids is 2. The quantitative estimate of drug-likeness (QED) is 0.771. The molecule has 1 saturated carbocycles. The molecule has 156 valence electrons. The SMILES string of the molecule is Cc1c(-c2cc(C(=O)N3CCC(=O)N(CC4CC4)[C@@H](C(C)C)C3)no2)cnn1C. The smallest absolute Gasteiger partial charge is 0.276 e. The summed E-state index contributed by atoms with van der Waals surface area (Å²) in [7, 11) is 1.86. The number of aryl methyl sites for hydroxylation is 1. The number of amides is 2. The van der Waals surface area contributed by atoms with Gasteiger partial charge in [0.2, 0.25) is 5.91 Å². The molecule has 0 bridgehead atoms. The zero-order chi connectivity index (χ0) is 20.7. The first-order valence-electron chi connectivity index (χ1n) is 10.4. The van der Waals surface area contributed by atoms with E-state index < -0.39 is 0 Å². The number of carbonyl (C=O) groups is 2. The summed E-state index contributed by atoms with van der Waals surface area (Å²) in [6.07, 6.45) is 4.47. The minimum Gasteiger partial charge on any atom is -0.355 e. The minimum atomic E-state index is -0.187. The van der Waals surface area contributed by atoms with Crippen LogP contribution in [0.1, 0.15) is 49.3 Å². The van der Waals surface area contributed by atoms with Crippen LogP contribution in [0.15, 0.2) is 16.8 Å². The number of aromatic nitrogens is 3. The lowest BCUT2D eigenvalue weighted by Gasteiger charge is -2.34. The van der Waals surface area contributed by atoms with Crippen molar-refractivity contribution < 1.29 is 14.1 Å². The van der Waals surface area contributed by atoms with E-state index in [0.29, 0.717) is 31.2 Å². The molecule has 2 aromatic heterocycles. The summed E-state index contributed by atoms with van der Waals surface area (Å²) >= 11 is 0. The predicted octanol–water partition coefficient (Wildman–Crippen LogP) is 2.49. The van der Waals surface area contributed by atoms with Crippen molar-refractivity contribution in [1.29, 1.82) is 0 Å². The second-order valence-corrected chi connectivity index (χ2v) is 8.65. The molecule has 8 heteroatoms. The van der Waals surface area contributed by atoms with Gasteiger partial charge in [-0.1, -0.05) is 19.0 Å². The lowest BCUT2D eigenvalue weighted by molar-refractivity contribution is -0.133. The van der Waals surface area contributed by atoms with Crippen molar-refractivity contribution >= 4 is 11.8 Å². The monoisotopic (exact) mass is 399 g/mol. The molecular formula is C21H29N5O3. The van der Waals surface area contributed by atoms with E-state index >= 15 is 0 Å². The highest BCUT2D eigenvalue weighted by Gasteiger charge is 2.37. The highest BCUT2D eigenvalue weighted by molar-refractivity contribution is 5.93. The maximum Gasteiger partial charge on any atom is 0.276 e. The summed E-state index contributed by atoms with van der Waals surface area (Å²) in [4.78, 5) is 29.7. The molecule has 4 rings (SSSR count). The van der Waals surface area contributed by atoms with Crippen molar-refractivity contribution in [3.8, 4) is 11.3 Å². The molecule has 1 saturated heterocycles. The van der Waals surface area contributed by atoms with Crippen molar-refractivity contribution in [2.75, 3.05) is 19.6 Å². The summed E-state index contributed by atoms with van der Waals surface area (Å²) in [5.74, 6) is 1.40. The third-order valence-corrected chi connectivity index (χ3v) is 6.16. The Labute approximate surface area is 170 Å². The maximum absolute atomic E-state index is 13.2. The second kappa shape index (κ2) is 7.65. The average Bonchev–Trinajstić information content (AvgIpc) is 3.32. The molecule has 2 aromatic rings. The molecule has 0 unspecified atom stereocenters. The Morgan fingerprint density at radius 2 is 2.10 bits per heavy atom. The molecule has 1 atom stereocenters. The van der Waals surface area contributed by atoms with Crippen LogP contribution in [0.4, 0.5) is 0 Å². The van der Waals surface area contributed by atoms with Gasteiger partial charge in [0.25, 0.3) is 5.91 Å². The molecule has 8 nitrogen and oxygen atoms in total. The molecule has 1 aliphatic carbocycles. The number of nitrogens with zero attached hydrogens (tertiary/aromatic N) is 5. The number of hydrogen-bond acceptors (Lipinski definition) is 5. The normalized spacial score (nSPS) is 20.4. The molecule has 3 heterocycles. The van der Waals surface area contributed by atoms with Crippen molar-refractivity contribution in [3.05, 3.63) is 23.7 Å². The minimum absolute atomic E-state index is 0.0292. The van der Waals surface area contributed by atoms with E-state index in [1.54, 1.807) is 21.8 Å². The maximum atomic E-state index is 13.2. The summed E-state index contributed by atoms with van der Waals surface area (Å²) in [5, 5.41) is 8.23. The van der Waals surface area contributed by atoms with Gasteiger partial charge in [-0.25, -0.2) is 0 Å². The van der Waals surface area contributed by atoms with E-state index in [-0.39, 0.29) is 29.5 Å². The van der Waals surface area contributed by atoms with Gasteiger partial charge in [0, 0.05) is 44.9 Å². The van der Waals surface area contributed by atoms with Crippen LogP contribution in [0.2, 0.25) is 0 Å². The molecule has 29 heavy (non-hydrogen) atoms. The largest absolute Gasteiger partial charge is 0.355 e. The molecule has 0 N–H and O–H groups in total. The summed E-state index contributed by atoms with van der Waals surface area (Å²) in [6, 6.07) is 1.70. The Bertz CT molecular complexity index is 911. The van der Waals surface area contributed by atoms with Crippen LogP contribution in [-0.2, 0) is 11.8 Å². The fourth-order valence-electron chi connectivity index (χ4n) is 3.95. The zero-order valence-electron chi connectivity index (χ0n) is 17.6. The molecule has 0 spiro atoms. The Morgan fingerprint density at radius 1 is 1.34 bits per heavy atom. The van der Waals surface area contributed by atoms with Crippen LogP contribution in [-0.4, -0.2) is 62.2 Å². The first-order chi connectivity index (χ1) is 13.8. The zero-order valence-corrected chi connectivity index (χ0v) is 17.6. The van der Waals surface area contributed by atoms with E-state index in [9.17, 15) is 9.59 Å². The lowest BCUT2D eigenvalue weighted by atomic mass is 10.0. The Kier molecular flexibility index (Phi) is 5.19. The number of hydrogen-bond donors (Lipinski definition) is 0. The van der Waals surface area contributed by atoms with Gasteiger partial charge in [-0.15, -0.1) is 0 Å². The van der Waals surface area contributed by atoms with Crippen LogP contribution in [0.5, 0.6) is 0 Å². The lowest BCUT2D eigenvalue weighted by Crippen LogP contribution is -2.48. The Hall–Kier alpha value is -2.64. The Balaban J connectivity index is 1.53. The number of rotatable bonds is 5. The highest BCUT2D eigenvalue weighted by Crippen LogP contribution is 2.32. The molecule has 2 fully saturated rings. The van der Waals surface area contributed by atoms with Crippen LogP contribution < -0.4 is 0 Å². The van der Waals surface area contributed by atoms with Crippen molar-refractivity contribution in [2.45, 2.75) is 46.1 Å². The van der Waals surface area contributed by atoms with Crippen molar-refractivity contribution in [1.82, 2.24) is 24.7 Å². The van der Waals surface area contributed by atoms with E-state index in [1.807, 2.05) is 18.9 Å². The molecule has 1 aliphatic heterocycles. The second-order valence-electron chi connectivity index (χ2n) is 8.65. The summed E-state index contributed by atoms with van der Waals surface area (Å²) in [6.45, 7) is 7.93. The van der Waals surface area contributed by atoms with Gasteiger partial charge in [0.05, 0.1) is 17.8 Å². The van der Waals surface area contributed by atoms with Gasteiger partial charge in [0.15, 0.2) is 11.5 Å². The van der Waals surface area contributed by atoms with Gasteiger partial charge in [-0.2, -0.15) is 5.10 Å². The average molecular weight is 399 g/mol. The molecule has 2 amide bonds. The standard InChI is InChI=1S/C21H29N5O3/c1-13(2)18-12-25(8-7-20(27)26(18)11-15-5-6-15)21(28)17-9-19(29-23-17)16-10-22-24(4)14(16)3/h9-10,13,15,18H,5-8,11-12H2,1-4H3/t18-/m1/s1. The van der Waals surface area contributed by atoms with E-state index in [0.717, 1.165) is 17.8 Å². The van der Waals surface area contributed by atoms with Crippen molar-refractivity contribution in [3.63, 3.8) is 0 Å². The molecule has 0 aromatic carbocycles. The predicted molar refractivity (Wildman–Crippen MR) is 107 cm³/mol. The van der Waals surface area contributed by atoms with Gasteiger partial charge < -0.3 is 14.3 Å². The van der Waals surface area contributed by atoms with E-state index in [1.165, 1.54) is 12.8 Å². The molecule has 0 radical (unpaired) electrons. The van der Waals surface area contributed by atoms with Crippen LogP contribution >= 0.6 is 0 Å². The first-order valence-corrected chi connectivity index (χ1v) is 10.4. The molecule has 2 aliphatic rings. The van der Waals surface area contributed by atoms with E-state index in [2.05, 4.69) is 24.1 Å². The van der Waals surface area contributed by atoms with Crippen LogP contribution in [0.3, 0.4) is 0 Å².